The summed E-state index contributed by atoms with van der Waals surface area (Å²) in [6.45, 7) is 3.23. The molecule has 1 aromatic rings. The van der Waals surface area contributed by atoms with Crippen LogP contribution in [0.4, 0.5) is 5.82 Å². The average Bonchev–Trinajstić information content (AvgIpc) is 3.26. The maximum Gasteiger partial charge on any atom is 0.254 e. The second-order valence-corrected chi connectivity index (χ2v) is 7.49. The number of nitrogens with zero attached hydrogens (tertiary/aromatic N) is 3. The Labute approximate surface area is 161 Å². The van der Waals surface area contributed by atoms with Gasteiger partial charge in [0, 0.05) is 58.5 Å². The smallest absolute Gasteiger partial charge is 0.254 e. The summed E-state index contributed by atoms with van der Waals surface area (Å²) in [7, 11) is 3.32. The van der Waals surface area contributed by atoms with Crippen LogP contribution in [0.3, 0.4) is 0 Å². The van der Waals surface area contributed by atoms with Crippen molar-refractivity contribution in [1.82, 2.24) is 15.2 Å². The number of ether oxygens (including phenoxy) is 1. The van der Waals surface area contributed by atoms with Gasteiger partial charge in [-0.15, -0.1) is 0 Å². The Morgan fingerprint density at radius 1 is 1.26 bits per heavy atom. The van der Waals surface area contributed by atoms with E-state index in [1.165, 1.54) is 12.8 Å². The zero-order valence-corrected chi connectivity index (χ0v) is 16.4. The number of nitrogens with one attached hydrogen (secondary N) is 1. The SMILES string of the molecule is CNC(=O)CCC1(OC)CCCN(C(=O)c2ccnc(N3CCCC3)c2)C1. The molecule has 0 saturated carbocycles. The first kappa shape index (κ1) is 19.6. The molecule has 0 aromatic carbocycles. The van der Waals surface area contributed by atoms with Crippen molar-refractivity contribution >= 4 is 17.6 Å². The molecule has 148 valence electrons. The van der Waals surface area contributed by atoms with Gasteiger partial charge in [0.15, 0.2) is 0 Å². The number of likely N-dealkylation sites (tertiary alicyclic amines) is 1. The predicted molar refractivity (Wildman–Crippen MR) is 104 cm³/mol. The van der Waals surface area contributed by atoms with Crippen molar-refractivity contribution in [3.8, 4) is 0 Å². The van der Waals surface area contributed by atoms with Gasteiger partial charge in [0.1, 0.15) is 5.82 Å². The molecule has 1 N–H and O–H groups in total. The number of aromatic nitrogens is 1. The molecule has 1 atom stereocenters. The Balaban J connectivity index is 1.70. The Bertz CT molecular complexity index is 675. The molecule has 7 heteroatoms. The summed E-state index contributed by atoms with van der Waals surface area (Å²) in [6, 6.07) is 3.69. The van der Waals surface area contributed by atoms with Gasteiger partial charge >= 0.3 is 0 Å². The van der Waals surface area contributed by atoms with Crippen molar-refractivity contribution in [3.63, 3.8) is 0 Å². The fourth-order valence-electron chi connectivity index (χ4n) is 4.06. The fraction of sp³-hybridized carbons (Fsp3) is 0.650. The number of piperidine rings is 1. The Kier molecular flexibility index (Phi) is 6.31. The van der Waals surface area contributed by atoms with Gasteiger partial charge in [-0.3, -0.25) is 9.59 Å². The van der Waals surface area contributed by atoms with Crippen LogP contribution in [0.5, 0.6) is 0 Å². The second kappa shape index (κ2) is 8.69. The number of pyridine rings is 1. The van der Waals surface area contributed by atoms with E-state index in [1.54, 1.807) is 26.4 Å². The largest absolute Gasteiger partial charge is 0.376 e. The Hall–Kier alpha value is -2.15. The van der Waals surface area contributed by atoms with E-state index in [2.05, 4.69) is 15.2 Å². The number of carbonyl (C=O) groups excluding carboxylic acids is 2. The zero-order valence-electron chi connectivity index (χ0n) is 16.4. The molecule has 2 aliphatic rings. The molecule has 3 heterocycles. The first-order chi connectivity index (χ1) is 13.1. The number of amides is 2. The maximum atomic E-state index is 13.1. The van der Waals surface area contributed by atoms with E-state index in [4.69, 9.17) is 4.74 Å². The van der Waals surface area contributed by atoms with Gasteiger partial charge < -0.3 is 19.9 Å². The molecular weight excluding hydrogens is 344 g/mol. The first-order valence-corrected chi connectivity index (χ1v) is 9.83. The summed E-state index contributed by atoms with van der Waals surface area (Å²) in [6.07, 6.45) is 6.82. The molecule has 0 aliphatic carbocycles. The predicted octanol–water partition coefficient (Wildman–Crippen LogP) is 1.83. The lowest BCUT2D eigenvalue weighted by molar-refractivity contribution is -0.123. The van der Waals surface area contributed by atoms with E-state index in [0.29, 0.717) is 31.5 Å². The van der Waals surface area contributed by atoms with Gasteiger partial charge in [0.2, 0.25) is 5.91 Å². The van der Waals surface area contributed by atoms with Crippen LogP contribution < -0.4 is 10.2 Å². The molecular formula is C20H30N4O3. The van der Waals surface area contributed by atoms with Crippen LogP contribution in [-0.2, 0) is 9.53 Å². The van der Waals surface area contributed by atoms with Crippen LogP contribution in [0, 0.1) is 0 Å². The third kappa shape index (κ3) is 4.58. The van der Waals surface area contributed by atoms with Gasteiger partial charge in [-0.1, -0.05) is 0 Å². The molecule has 1 aromatic heterocycles. The summed E-state index contributed by atoms with van der Waals surface area (Å²) in [5.41, 5.74) is 0.218. The van der Waals surface area contributed by atoms with E-state index in [-0.39, 0.29) is 11.8 Å². The molecule has 0 spiro atoms. The molecule has 27 heavy (non-hydrogen) atoms. The van der Waals surface area contributed by atoms with Crippen molar-refractivity contribution in [3.05, 3.63) is 23.9 Å². The molecule has 2 saturated heterocycles. The fourth-order valence-corrected chi connectivity index (χ4v) is 4.06. The summed E-state index contributed by atoms with van der Waals surface area (Å²) < 4.78 is 5.80. The second-order valence-electron chi connectivity index (χ2n) is 7.49. The minimum atomic E-state index is -0.453. The summed E-state index contributed by atoms with van der Waals surface area (Å²) in [4.78, 5) is 33.3. The molecule has 2 amide bonds. The summed E-state index contributed by atoms with van der Waals surface area (Å²) >= 11 is 0. The lowest BCUT2D eigenvalue weighted by Crippen LogP contribution is -2.51. The van der Waals surface area contributed by atoms with Gasteiger partial charge in [0.05, 0.1) is 5.60 Å². The quantitative estimate of drug-likeness (QED) is 0.822. The number of hydrogen-bond acceptors (Lipinski definition) is 5. The van der Waals surface area contributed by atoms with Crippen molar-refractivity contribution in [2.45, 2.75) is 44.1 Å². The first-order valence-electron chi connectivity index (χ1n) is 9.83. The van der Waals surface area contributed by atoms with Crippen LogP contribution >= 0.6 is 0 Å². The van der Waals surface area contributed by atoms with Crippen LogP contribution in [0.1, 0.15) is 48.9 Å². The van der Waals surface area contributed by atoms with Crippen molar-refractivity contribution in [1.29, 1.82) is 0 Å². The monoisotopic (exact) mass is 374 g/mol. The maximum absolute atomic E-state index is 13.1. The minimum absolute atomic E-state index is 0.000682. The number of methoxy groups -OCH3 is 1. The van der Waals surface area contributed by atoms with Crippen molar-refractivity contribution in [2.75, 3.05) is 45.2 Å². The number of rotatable bonds is 6. The normalized spacial score (nSPS) is 22.7. The summed E-state index contributed by atoms with van der Waals surface area (Å²) in [5, 5.41) is 2.65. The number of carbonyl (C=O) groups is 2. The summed E-state index contributed by atoms with van der Waals surface area (Å²) in [5.74, 6) is 0.895. The van der Waals surface area contributed by atoms with E-state index < -0.39 is 5.60 Å². The van der Waals surface area contributed by atoms with E-state index >= 15 is 0 Å². The highest BCUT2D eigenvalue weighted by atomic mass is 16.5. The molecule has 1 unspecified atom stereocenters. The van der Waals surface area contributed by atoms with Crippen molar-refractivity contribution < 1.29 is 14.3 Å². The Morgan fingerprint density at radius 2 is 2.04 bits per heavy atom. The molecule has 7 nitrogen and oxygen atoms in total. The van der Waals surface area contributed by atoms with Gasteiger partial charge in [-0.05, 0) is 44.2 Å². The highest BCUT2D eigenvalue weighted by Crippen LogP contribution is 2.30. The molecule has 2 fully saturated rings. The van der Waals surface area contributed by atoms with Crippen molar-refractivity contribution in [2.24, 2.45) is 0 Å². The topological polar surface area (TPSA) is 74.8 Å². The van der Waals surface area contributed by atoms with Crippen LogP contribution in [-0.4, -0.2) is 67.6 Å². The third-order valence-electron chi connectivity index (χ3n) is 5.77. The van der Waals surface area contributed by atoms with Crippen LogP contribution in [0.2, 0.25) is 0 Å². The van der Waals surface area contributed by atoms with Gasteiger partial charge in [0.25, 0.3) is 5.91 Å². The minimum Gasteiger partial charge on any atom is -0.376 e. The van der Waals surface area contributed by atoms with Crippen LogP contribution in [0.25, 0.3) is 0 Å². The third-order valence-corrected chi connectivity index (χ3v) is 5.77. The van der Waals surface area contributed by atoms with Gasteiger partial charge in [-0.25, -0.2) is 4.98 Å². The highest BCUT2D eigenvalue weighted by molar-refractivity contribution is 5.95. The Morgan fingerprint density at radius 3 is 2.74 bits per heavy atom. The van der Waals surface area contributed by atoms with Crippen LogP contribution in [0.15, 0.2) is 18.3 Å². The standard InChI is InChI=1S/C20H30N4O3/c1-21-18(25)6-9-20(27-2)8-5-13-24(15-20)19(26)16-7-10-22-17(14-16)23-11-3-4-12-23/h7,10,14H,3-6,8-9,11-13,15H2,1-2H3,(H,21,25). The average molecular weight is 374 g/mol. The number of anilines is 1. The van der Waals surface area contributed by atoms with E-state index in [1.807, 2.05) is 11.0 Å². The zero-order chi connectivity index (χ0) is 19.3. The lowest BCUT2D eigenvalue weighted by Gasteiger charge is -2.42. The van der Waals surface area contributed by atoms with Gasteiger partial charge in [-0.2, -0.15) is 0 Å². The van der Waals surface area contributed by atoms with E-state index in [0.717, 1.165) is 31.7 Å². The highest BCUT2D eigenvalue weighted by Gasteiger charge is 2.37. The molecule has 3 rings (SSSR count). The molecule has 0 radical (unpaired) electrons. The molecule has 2 aliphatic heterocycles. The lowest BCUT2D eigenvalue weighted by atomic mass is 9.87. The molecule has 0 bridgehead atoms. The number of hydrogen-bond donors (Lipinski definition) is 1. The van der Waals surface area contributed by atoms with E-state index in [9.17, 15) is 9.59 Å².